The molecule has 9 nitrogen and oxygen atoms in total. The minimum atomic E-state index is -1.08. The third-order valence-corrected chi connectivity index (χ3v) is 3.88. The van der Waals surface area contributed by atoms with Crippen LogP contribution in [0, 0.1) is 37.0 Å². The van der Waals surface area contributed by atoms with Crippen LogP contribution in [0.1, 0.15) is 32.3 Å². The van der Waals surface area contributed by atoms with Gasteiger partial charge in [-0.1, -0.05) is 32.9 Å². The van der Waals surface area contributed by atoms with Crippen molar-refractivity contribution in [1.29, 1.82) is 5.26 Å². The van der Waals surface area contributed by atoms with Crippen LogP contribution in [0.3, 0.4) is 0 Å². The van der Waals surface area contributed by atoms with Crippen LogP contribution < -0.4 is 5.32 Å². The number of ether oxygens (including phenoxy) is 1. The minimum Gasteiger partial charge on any atom is -0.438 e. The molecule has 0 spiro atoms. The molecule has 0 radical (unpaired) electrons. The number of hydrogen-bond donors (Lipinski definition) is 1. The zero-order valence-corrected chi connectivity index (χ0v) is 14.8. The zero-order valence-electron chi connectivity index (χ0n) is 14.8. The van der Waals surface area contributed by atoms with Gasteiger partial charge in [-0.3, -0.25) is 20.2 Å². The van der Waals surface area contributed by atoms with Crippen molar-refractivity contribution >= 4 is 5.69 Å². The number of rotatable bonds is 4. The van der Waals surface area contributed by atoms with E-state index >= 15 is 0 Å². The molecule has 0 bridgehead atoms. The second-order valence-electron chi connectivity index (χ2n) is 6.71. The van der Waals surface area contributed by atoms with Gasteiger partial charge in [-0.2, -0.15) is 5.26 Å². The maximum atomic E-state index is 11.7. The number of nitrogens with zero attached hydrogens (tertiary/aromatic N) is 3. The highest BCUT2D eigenvalue weighted by atomic mass is 16.6. The summed E-state index contributed by atoms with van der Waals surface area (Å²) in [6.45, 7) is 5.44. The SMILES string of the molecule is CNC1=C([N+](=O)[O-])C(c2cccc([N+](=O)[O-])c2)C(C#N)=C(C(C)(C)C)O1. The molecule has 1 aromatic carbocycles. The van der Waals surface area contributed by atoms with Crippen molar-refractivity contribution in [1.82, 2.24) is 5.32 Å². The molecule has 0 saturated heterocycles. The van der Waals surface area contributed by atoms with Crippen LogP contribution in [-0.2, 0) is 4.74 Å². The van der Waals surface area contributed by atoms with Gasteiger partial charge in [0, 0.05) is 24.6 Å². The molecule has 0 saturated carbocycles. The van der Waals surface area contributed by atoms with Crippen molar-refractivity contribution in [3.63, 3.8) is 0 Å². The van der Waals surface area contributed by atoms with E-state index in [4.69, 9.17) is 4.74 Å². The Morgan fingerprint density at radius 1 is 1.23 bits per heavy atom. The molecule has 0 aliphatic carbocycles. The van der Waals surface area contributed by atoms with Gasteiger partial charge in [-0.25, -0.2) is 0 Å². The summed E-state index contributed by atoms with van der Waals surface area (Å²) in [7, 11) is 1.47. The van der Waals surface area contributed by atoms with E-state index in [1.165, 1.54) is 31.3 Å². The van der Waals surface area contributed by atoms with Crippen molar-refractivity contribution in [2.75, 3.05) is 7.05 Å². The largest absolute Gasteiger partial charge is 0.438 e. The number of nitro benzene ring substituents is 1. The lowest BCUT2D eigenvalue weighted by molar-refractivity contribution is -0.433. The number of nitro groups is 2. The Morgan fingerprint density at radius 3 is 2.35 bits per heavy atom. The summed E-state index contributed by atoms with van der Waals surface area (Å²) in [6, 6.07) is 7.50. The monoisotopic (exact) mass is 358 g/mol. The molecule has 1 N–H and O–H groups in total. The first kappa shape index (κ1) is 18.9. The summed E-state index contributed by atoms with van der Waals surface area (Å²) >= 11 is 0. The summed E-state index contributed by atoms with van der Waals surface area (Å²) in [4.78, 5) is 21.6. The molecule has 136 valence electrons. The summed E-state index contributed by atoms with van der Waals surface area (Å²) in [5.41, 5.74) is -0.840. The number of non-ortho nitro benzene ring substituents is 1. The molecule has 1 aliphatic heterocycles. The third-order valence-electron chi connectivity index (χ3n) is 3.88. The van der Waals surface area contributed by atoms with Gasteiger partial charge < -0.3 is 10.1 Å². The van der Waals surface area contributed by atoms with Gasteiger partial charge >= 0.3 is 5.70 Å². The maximum absolute atomic E-state index is 11.7. The van der Waals surface area contributed by atoms with E-state index in [1.807, 2.05) is 26.8 Å². The molecule has 1 aromatic rings. The molecule has 1 heterocycles. The van der Waals surface area contributed by atoms with E-state index in [0.29, 0.717) is 0 Å². The van der Waals surface area contributed by atoms with Crippen molar-refractivity contribution in [2.45, 2.75) is 26.7 Å². The third kappa shape index (κ3) is 3.35. The van der Waals surface area contributed by atoms with Gasteiger partial charge in [0.2, 0.25) is 0 Å². The highest BCUT2D eigenvalue weighted by Gasteiger charge is 2.44. The van der Waals surface area contributed by atoms with Gasteiger partial charge in [0.1, 0.15) is 11.7 Å². The van der Waals surface area contributed by atoms with Crippen LogP contribution in [0.2, 0.25) is 0 Å². The van der Waals surface area contributed by atoms with Gasteiger partial charge in [0.15, 0.2) is 0 Å². The molecular weight excluding hydrogens is 340 g/mol. The van der Waals surface area contributed by atoms with Crippen LogP contribution in [0.25, 0.3) is 0 Å². The lowest BCUT2D eigenvalue weighted by Crippen LogP contribution is -2.30. The zero-order chi connectivity index (χ0) is 19.6. The van der Waals surface area contributed by atoms with Crippen molar-refractivity contribution in [3.05, 3.63) is 73.0 Å². The van der Waals surface area contributed by atoms with Gasteiger partial charge in [-0.05, 0) is 5.56 Å². The average Bonchev–Trinajstić information content (AvgIpc) is 2.58. The summed E-state index contributed by atoms with van der Waals surface area (Å²) in [6.07, 6.45) is 0. The number of allylic oxidation sites excluding steroid dienone is 2. The Balaban J connectivity index is 2.82. The second kappa shape index (κ2) is 6.84. The van der Waals surface area contributed by atoms with Crippen LogP contribution >= 0.6 is 0 Å². The van der Waals surface area contributed by atoms with Gasteiger partial charge in [0.25, 0.3) is 11.6 Å². The first-order valence-electron chi connectivity index (χ1n) is 7.75. The number of nitriles is 1. The first-order chi connectivity index (χ1) is 12.1. The van der Waals surface area contributed by atoms with Crippen LogP contribution in [-0.4, -0.2) is 16.9 Å². The Hall–Kier alpha value is -3.41. The van der Waals surface area contributed by atoms with Crippen LogP contribution in [0.15, 0.2) is 47.2 Å². The van der Waals surface area contributed by atoms with E-state index in [0.717, 1.165) is 0 Å². The number of nitrogens with one attached hydrogen (secondary N) is 1. The topological polar surface area (TPSA) is 131 Å². The molecule has 2 rings (SSSR count). The summed E-state index contributed by atoms with van der Waals surface area (Å²) in [5, 5.41) is 35.2. The Kier molecular flexibility index (Phi) is 4.98. The molecule has 0 amide bonds. The maximum Gasteiger partial charge on any atom is 0.318 e. The lowest BCUT2D eigenvalue weighted by atomic mass is 9.80. The van der Waals surface area contributed by atoms with E-state index in [2.05, 4.69) is 5.32 Å². The summed E-state index contributed by atoms with van der Waals surface area (Å²) < 4.78 is 5.66. The molecule has 1 aliphatic rings. The Labute approximate surface area is 149 Å². The molecule has 0 fully saturated rings. The Morgan fingerprint density at radius 2 is 1.88 bits per heavy atom. The van der Waals surface area contributed by atoms with E-state index in [9.17, 15) is 25.5 Å². The molecule has 1 atom stereocenters. The minimum absolute atomic E-state index is 0.0590. The van der Waals surface area contributed by atoms with Gasteiger partial charge in [-0.15, -0.1) is 0 Å². The fourth-order valence-corrected chi connectivity index (χ4v) is 2.79. The van der Waals surface area contributed by atoms with Crippen LogP contribution in [0.5, 0.6) is 0 Å². The fourth-order valence-electron chi connectivity index (χ4n) is 2.79. The molecular formula is C17H18N4O5. The predicted molar refractivity (Wildman–Crippen MR) is 92.1 cm³/mol. The first-order valence-corrected chi connectivity index (χ1v) is 7.75. The van der Waals surface area contributed by atoms with E-state index in [1.54, 1.807) is 0 Å². The fraction of sp³-hybridized carbons (Fsp3) is 0.353. The molecule has 26 heavy (non-hydrogen) atoms. The highest BCUT2D eigenvalue weighted by molar-refractivity contribution is 5.50. The number of benzene rings is 1. The van der Waals surface area contributed by atoms with Crippen molar-refractivity contribution in [2.24, 2.45) is 5.41 Å². The van der Waals surface area contributed by atoms with E-state index in [-0.39, 0.29) is 34.2 Å². The molecule has 9 heteroatoms. The van der Waals surface area contributed by atoms with Gasteiger partial charge in [0.05, 0.1) is 21.5 Å². The quantitative estimate of drug-likeness (QED) is 0.645. The predicted octanol–water partition coefficient (Wildman–Crippen LogP) is 3.20. The van der Waals surface area contributed by atoms with Crippen molar-refractivity contribution in [3.8, 4) is 6.07 Å². The molecule has 0 aromatic heterocycles. The second-order valence-corrected chi connectivity index (χ2v) is 6.71. The molecule has 1 unspecified atom stereocenters. The standard InChI is InChI=1S/C17H18N4O5/c1-17(2,3)15-12(9-18)13(14(21(24)25)16(19-4)26-15)10-6-5-7-11(8-10)20(22)23/h5-8,13,19H,1-4H3. The summed E-state index contributed by atoms with van der Waals surface area (Å²) in [5.74, 6) is -0.887. The van der Waals surface area contributed by atoms with E-state index < -0.39 is 21.2 Å². The highest BCUT2D eigenvalue weighted by Crippen LogP contribution is 2.45. The number of hydrogen-bond acceptors (Lipinski definition) is 7. The normalized spacial score (nSPS) is 17.4. The smallest absolute Gasteiger partial charge is 0.318 e. The lowest BCUT2D eigenvalue weighted by Gasteiger charge is -2.31. The Bertz CT molecular complexity index is 874. The average molecular weight is 358 g/mol. The van der Waals surface area contributed by atoms with Crippen molar-refractivity contribution < 1.29 is 14.6 Å². The van der Waals surface area contributed by atoms with Crippen LogP contribution in [0.4, 0.5) is 5.69 Å².